The zero-order valence-corrected chi connectivity index (χ0v) is 11.9. The molecule has 18 heavy (non-hydrogen) atoms. The Bertz CT molecular complexity index is 451. The summed E-state index contributed by atoms with van der Waals surface area (Å²) in [5.41, 5.74) is 7.03. The van der Waals surface area contributed by atoms with Crippen molar-refractivity contribution in [2.75, 3.05) is 32.5 Å². The van der Waals surface area contributed by atoms with Crippen molar-refractivity contribution >= 4 is 27.5 Å². The van der Waals surface area contributed by atoms with E-state index >= 15 is 0 Å². The highest BCUT2D eigenvalue weighted by Gasteiger charge is 2.26. The van der Waals surface area contributed by atoms with E-state index in [1.165, 1.54) is 0 Å². The number of carbonyl (C=O) groups is 1. The van der Waals surface area contributed by atoms with Gasteiger partial charge in [0.05, 0.1) is 6.61 Å². The molecule has 98 valence electrons. The van der Waals surface area contributed by atoms with E-state index in [1.54, 1.807) is 25.3 Å². The number of amides is 1. The Morgan fingerprint density at radius 2 is 2.39 bits per heavy atom. The summed E-state index contributed by atoms with van der Waals surface area (Å²) in [6.07, 6.45) is 1.01. The number of likely N-dealkylation sites (tertiary alicyclic amines) is 1. The number of nitrogens with two attached hydrogens (primary N) is 1. The third-order valence-corrected chi connectivity index (χ3v) is 3.91. The van der Waals surface area contributed by atoms with Gasteiger partial charge in [0.2, 0.25) is 0 Å². The quantitative estimate of drug-likeness (QED) is 0.870. The molecule has 5 heteroatoms. The summed E-state index contributed by atoms with van der Waals surface area (Å²) < 4.78 is 5.90. The second kappa shape index (κ2) is 5.71. The number of methoxy groups -OCH3 is 1. The molecular weight excluding hydrogens is 296 g/mol. The van der Waals surface area contributed by atoms with Gasteiger partial charge < -0.3 is 15.4 Å². The first-order chi connectivity index (χ1) is 8.61. The van der Waals surface area contributed by atoms with Crippen molar-refractivity contribution in [1.82, 2.24) is 4.90 Å². The second-order valence-corrected chi connectivity index (χ2v) is 5.45. The molecule has 1 aliphatic heterocycles. The molecule has 1 unspecified atom stereocenters. The van der Waals surface area contributed by atoms with Gasteiger partial charge >= 0.3 is 0 Å². The fourth-order valence-corrected chi connectivity index (χ4v) is 2.61. The topological polar surface area (TPSA) is 55.6 Å². The first-order valence-corrected chi connectivity index (χ1v) is 6.74. The van der Waals surface area contributed by atoms with Crippen LogP contribution in [0.1, 0.15) is 16.8 Å². The van der Waals surface area contributed by atoms with Crippen LogP contribution < -0.4 is 5.73 Å². The Kier molecular flexibility index (Phi) is 4.24. The van der Waals surface area contributed by atoms with E-state index in [0.717, 1.165) is 30.6 Å². The van der Waals surface area contributed by atoms with Gasteiger partial charge in [0, 0.05) is 41.8 Å². The Hall–Kier alpha value is -1.07. The molecule has 1 fully saturated rings. The van der Waals surface area contributed by atoms with E-state index < -0.39 is 0 Å². The summed E-state index contributed by atoms with van der Waals surface area (Å²) in [7, 11) is 1.70. The third kappa shape index (κ3) is 2.84. The minimum atomic E-state index is 0.0642. The van der Waals surface area contributed by atoms with Gasteiger partial charge in [0.1, 0.15) is 0 Å². The van der Waals surface area contributed by atoms with Crippen LogP contribution in [0.5, 0.6) is 0 Å². The molecule has 0 saturated carbocycles. The maximum Gasteiger partial charge on any atom is 0.253 e. The fourth-order valence-electron chi connectivity index (χ4n) is 2.23. The molecule has 0 spiro atoms. The molecule has 2 rings (SSSR count). The number of carbonyl (C=O) groups excluding carboxylic acids is 1. The van der Waals surface area contributed by atoms with Crippen molar-refractivity contribution in [3.8, 4) is 0 Å². The molecule has 1 atom stereocenters. The van der Waals surface area contributed by atoms with Gasteiger partial charge in [-0.05, 0) is 40.5 Å². The van der Waals surface area contributed by atoms with Crippen molar-refractivity contribution in [1.29, 1.82) is 0 Å². The van der Waals surface area contributed by atoms with Crippen LogP contribution in [0.3, 0.4) is 0 Å². The third-order valence-electron chi connectivity index (χ3n) is 3.22. The van der Waals surface area contributed by atoms with Crippen molar-refractivity contribution in [3.63, 3.8) is 0 Å². The number of hydrogen-bond donors (Lipinski definition) is 1. The van der Waals surface area contributed by atoms with Crippen LogP contribution in [-0.4, -0.2) is 37.6 Å². The number of rotatable bonds is 3. The molecule has 0 bridgehead atoms. The van der Waals surface area contributed by atoms with Gasteiger partial charge in [-0.1, -0.05) is 0 Å². The summed E-state index contributed by atoms with van der Waals surface area (Å²) in [5.74, 6) is 0.519. The van der Waals surface area contributed by atoms with Crippen molar-refractivity contribution in [3.05, 3.63) is 28.2 Å². The maximum atomic E-state index is 12.3. The van der Waals surface area contributed by atoms with Crippen molar-refractivity contribution in [2.45, 2.75) is 6.42 Å². The van der Waals surface area contributed by atoms with Crippen LogP contribution in [-0.2, 0) is 4.74 Å². The minimum Gasteiger partial charge on any atom is -0.398 e. The maximum absolute atomic E-state index is 12.3. The summed E-state index contributed by atoms with van der Waals surface area (Å²) in [6.45, 7) is 2.29. The normalized spacial score (nSPS) is 19.2. The van der Waals surface area contributed by atoms with E-state index in [4.69, 9.17) is 10.5 Å². The molecule has 1 aromatic carbocycles. The number of nitrogens with zero attached hydrogens (tertiary/aromatic N) is 1. The number of ether oxygens (including phenoxy) is 1. The smallest absolute Gasteiger partial charge is 0.253 e. The van der Waals surface area contributed by atoms with E-state index in [1.807, 2.05) is 4.90 Å². The zero-order valence-electron chi connectivity index (χ0n) is 10.4. The Morgan fingerprint density at radius 3 is 3.06 bits per heavy atom. The lowest BCUT2D eigenvalue weighted by atomic mass is 10.1. The fraction of sp³-hybridized carbons (Fsp3) is 0.462. The lowest BCUT2D eigenvalue weighted by Gasteiger charge is -2.17. The summed E-state index contributed by atoms with van der Waals surface area (Å²) in [4.78, 5) is 14.2. The molecule has 1 amide bonds. The van der Waals surface area contributed by atoms with Crippen LogP contribution in [0.15, 0.2) is 22.7 Å². The first kappa shape index (κ1) is 13.4. The van der Waals surface area contributed by atoms with Crippen molar-refractivity contribution in [2.24, 2.45) is 5.92 Å². The Labute approximate surface area is 115 Å². The van der Waals surface area contributed by atoms with Gasteiger partial charge in [-0.15, -0.1) is 0 Å². The van der Waals surface area contributed by atoms with Gasteiger partial charge in [-0.3, -0.25) is 4.79 Å². The van der Waals surface area contributed by atoms with E-state index in [0.29, 0.717) is 17.2 Å². The van der Waals surface area contributed by atoms with Crippen LogP contribution in [0.25, 0.3) is 0 Å². The predicted molar refractivity (Wildman–Crippen MR) is 74.4 cm³/mol. The average Bonchev–Trinajstić information content (AvgIpc) is 2.81. The number of benzene rings is 1. The zero-order chi connectivity index (χ0) is 13.1. The highest BCUT2D eigenvalue weighted by molar-refractivity contribution is 9.10. The predicted octanol–water partition coefficient (Wildman–Crippen LogP) is 2.14. The summed E-state index contributed by atoms with van der Waals surface area (Å²) >= 11 is 3.34. The molecular formula is C13H17BrN2O2. The molecule has 1 aliphatic rings. The largest absolute Gasteiger partial charge is 0.398 e. The van der Waals surface area contributed by atoms with Crippen LogP contribution >= 0.6 is 15.9 Å². The van der Waals surface area contributed by atoms with Crippen molar-refractivity contribution < 1.29 is 9.53 Å². The highest BCUT2D eigenvalue weighted by atomic mass is 79.9. The molecule has 1 saturated heterocycles. The van der Waals surface area contributed by atoms with Crippen LogP contribution in [0.4, 0.5) is 5.69 Å². The number of anilines is 1. The Balaban J connectivity index is 2.05. The van der Waals surface area contributed by atoms with Crippen LogP contribution in [0, 0.1) is 5.92 Å². The van der Waals surface area contributed by atoms with Gasteiger partial charge in [-0.2, -0.15) is 0 Å². The minimum absolute atomic E-state index is 0.0642. The molecule has 4 nitrogen and oxygen atoms in total. The molecule has 0 aliphatic carbocycles. The lowest BCUT2D eigenvalue weighted by Crippen LogP contribution is -2.29. The van der Waals surface area contributed by atoms with E-state index in [2.05, 4.69) is 15.9 Å². The average molecular weight is 313 g/mol. The molecule has 0 radical (unpaired) electrons. The highest BCUT2D eigenvalue weighted by Crippen LogP contribution is 2.23. The SMILES string of the molecule is COCC1CCN(C(=O)c2ccc(N)c(Br)c2)C1. The lowest BCUT2D eigenvalue weighted by molar-refractivity contribution is 0.0775. The van der Waals surface area contributed by atoms with Gasteiger partial charge in [-0.25, -0.2) is 0 Å². The molecule has 1 aromatic rings. The van der Waals surface area contributed by atoms with Crippen LogP contribution in [0.2, 0.25) is 0 Å². The molecule has 2 N–H and O–H groups in total. The number of nitrogen functional groups attached to an aromatic ring is 1. The van der Waals surface area contributed by atoms with Gasteiger partial charge in [0.15, 0.2) is 0 Å². The number of hydrogen-bond acceptors (Lipinski definition) is 3. The summed E-state index contributed by atoms with van der Waals surface area (Å²) in [5, 5.41) is 0. The first-order valence-electron chi connectivity index (χ1n) is 5.95. The monoisotopic (exact) mass is 312 g/mol. The number of halogens is 1. The molecule has 1 heterocycles. The standard InChI is InChI=1S/C13H17BrN2O2/c1-18-8-9-4-5-16(7-9)13(17)10-2-3-12(15)11(14)6-10/h2-3,6,9H,4-5,7-8,15H2,1H3. The van der Waals surface area contributed by atoms with Gasteiger partial charge in [0.25, 0.3) is 5.91 Å². The van der Waals surface area contributed by atoms with E-state index in [9.17, 15) is 4.79 Å². The molecule has 0 aromatic heterocycles. The summed E-state index contributed by atoms with van der Waals surface area (Å²) in [6, 6.07) is 5.30. The van der Waals surface area contributed by atoms with E-state index in [-0.39, 0.29) is 5.91 Å². The Morgan fingerprint density at radius 1 is 1.61 bits per heavy atom. The second-order valence-electron chi connectivity index (χ2n) is 4.60.